The van der Waals surface area contributed by atoms with Crippen molar-refractivity contribution < 1.29 is 0 Å². The summed E-state index contributed by atoms with van der Waals surface area (Å²) in [7, 11) is 0. The molecule has 3 rings (SSSR count). The van der Waals surface area contributed by atoms with E-state index in [2.05, 4.69) is 70.3 Å². The average Bonchev–Trinajstić information content (AvgIpc) is 3.08. The van der Waals surface area contributed by atoms with Crippen molar-refractivity contribution in [1.29, 1.82) is 0 Å². The minimum absolute atomic E-state index is 0.831. The van der Waals surface area contributed by atoms with E-state index in [1.165, 1.54) is 10.5 Å². The monoisotopic (exact) mass is 295 g/mol. The van der Waals surface area contributed by atoms with Crippen LogP contribution in [0, 0.1) is 0 Å². The van der Waals surface area contributed by atoms with Crippen LogP contribution in [0.5, 0.6) is 0 Å². The Morgan fingerprint density at radius 3 is 2.38 bits per heavy atom. The van der Waals surface area contributed by atoms with E-state index in [-0.39, 0.29) is 0 Å². The number of aromatic nitrogens is 2. The molecule has 0 unspecified atom stereocenters. The predicted octanol–water partition coefficient (Wildman–Crippen LogP) is 4.41. The van der Waals surface area contributed by atoms with Crippen LogP contribution in [0.25, 0.3) is 11.3 Å². The standard InChI is InChI=1S/C17H17N3S/c1-21-16-8-2-13(3-9-16)12-18-15-6-4-14(5-7-15)17-10-11-19-20-17/h2-11,18H,12H2,1H3,(H,19,20). The van der Waals surface area contributed by atoms with Gasteiger partial charge in [-0.1, -0.05) is 24.3 Å². The molecule has 1 heterocycles. The molecule has 0 aliphatic rings. The van der Waals surface area contributed by atoms with Crippen molar-refractivity contribution in [2.24, 2.45) is 0 Å². The largest absolute Gasteiger partial charge is 0.381 e. The highest BCUT2D eigenvalue weighted by Crippen LogP contribution is 2.20. The molecule has 0 atom stereocenters. The first-order valence-electron chi connectivity index (χ1n) is 6.82. The van der Waals surface area contributed by atoms with Gasteiger partial charge in [-0.2, -0.15) is 5.10 Å². The lowest BCUT2D eigenvalue weighted by molar-refractivity contribution is 1.09. The van der Waals surface area contributed by atoms with E-state index in [1.807, 2.05) is 6.07 Å². The number of nitrogens with zero attached hydrogens (tertiary/aromatic N) is 1. The van der Waals surface area contributed by atoms with Gasteiger partial charge in [0.25, 0.3) is 0 Å². The number of hydrogen-bond acceptors (Lipinski definition) is 3. The smallest absolute Gasteiger partial charge is 0.0650 e. The number of benzene rings is 2. The molecule has 0 amide bonds. The second-order valence-electron chi connectivity index (χ2n) is 4.75. The normalized spacial score (nSPS) is 10.5. The highest BCUT2D eigenvalue weighted by Gasteiger charge is 1.99. The summed E-state index contributed by atoms with van der Waals surface area (Å²) in [6.07, 6.45) is 3.86. The molecule has 0 aliphatic heterocycles. The molecule has 0 radical (unpaired) electrons. The molecule has 1 aromatic heterocycles. The lowest BCUT2D eigenvalue weighted by Crippen LogP contribution is -1.98. The molecule has 0 saturated heterocycles. The molecule has 3 aromatic rings. The number of aromatic amines is 1. The highest BCUT2D eigenvalue weighted by atomic mass is 32.2. The van der Waals surface area contributed by atoms with E-state index >= 15 is 0 Å². The Morgan fingerprint density at radius 1 is 1.00 bits per heavy atom. The number of rotatable bonds is 5. The zero-order valence-electron chi connectivity index (χ0n) is 11.8. The third kappa shape index (κ3) is 3.47. The van der Waals surface area contributed by atoms with Crippen LogP contribution in [0.15, 0.2) is 65.7 Å². The topological polar surface area (TPSA) is 40.7 Å². The van der Waals surface area contributed by atoms with Gasteiger partial charge in [0.1, 0.15) is 0 Å². The van der Waals surface area contributed by atoms with Crippen LogP contribution in [0.2, 0.25) is 0 Å². The molecule has 2 N–H and O–H groups in total. The maximum absolute atomic E-state index is 3.97. The molecular weight excluding hydrogens is 278 g/mol. The first-order valence-corrected chi connectivity index (χ1v) is 8.04. The van der Waals surface area contributed by atoms with Crippen molar-refractivity contribution in [3.63, 3.8) is 0 Å². The molecule has 0 fully saturated rings. The van der Waals surface area contributed by atoms with Crippen molar-refractivity contribution in [2.75, 3.05) is 11.6 Å². The van der Waals surface area contributed by atoms with Crippen molar-refractivity contribution in [3.8, 4) is 11.3 Å². The molecule has 0 bridgehead atoms. The fraction of sp³-hybridized carbons (Fsp3) is 0.118. The lowest BCUT2D eigenvalue weighted by atomic mass is 10.1. The average molecular weight is 295 g/mol. The van der Waals surface area contributed by atoms with Gasteiger partial charge in [0.15, 0.2) is 0 Å². The molecule has 106 valence electrons. The predicted molar refractivity (Wildman–Crippen MR) is 89.6 cm³/mol. The van der Waals surface area contributed by atoms with Crippen LogP contribution < -0.4 is 5.32 Å². The summed E-state index contributed by atoms with van der Waals surface area (Å²) in [4.78, 5) is 1.29. The number of hydrogen-bond donors (Lipinski definition) is 2. The van der Waals surface area contributed by atoms with Crippen LogP contribution in [0.3, 0.4) is 0 Å². The minimum Gasteiger partial charge on any atom is -0.381 e. The Kier molecular flexibility index (Phi) is 4.26. The van der Waals surface area contributed by atoms with E-state index < -0.39 is 0 Å². The molecular formula is C17H17N3S. The van der Waals surface area contributed by atoms with Gasteiger partial charge in [0, 0.05) is 23.3 Å². The van der Waals surface area contributed by atoms with Crippen LogP contribution in [0.1, 0.15) is 5.56 Å². The van der Waals surface area contributed by atoms with Gasteiger partial charge in [-0.15, -0.1) is 11.8 Å². The molecule has 0 aliphatic carbocycles. The Hall–Kier alpha value is -2.20. The van der Waals surface area contributed by atoms with Gasteiger partial charge in [-0.25, -0.2) is 0 Å². The van der Waals surface area contributed by atoms with Crippen molar-refractivity contribution >= 4 is 17.4 Å². The van der Waals surface area contributed by atoms with E-state index in [0.717, 1.165) is 23.5 Å². The van der Waals surface area contributed by atoms with Crippen molar-refractivity contribution in [2.45, 2.75) is 11.4 Å². The third-order valence-electron chi connectivity index (χ3n) is 3.35. The second-order valence-corrected chi connectivity index (χ2v) is 5.63. The Morgan fingerprint density at radius 2 is 1.76 bits per heavy atom. The van der Waals surface area contributed by atoms with E-state index in [1.54, 1.807) is 18.0 Å². The Labute approximate surface area is 128 Å². The first-order chi connectivity index (χ1) is 10.3. The summed E-state index contributed by atoms with van der Waals surface area (Å²) in [5.41, 5.74) is 4.58. The van der Waals surface area contributed by atoms with Crippen LogP contribution in [-0.2, 0) is 6.54 Å². The van der Waals surface area contributed by atoms with E-state index in [4.69, 9.17) is 0 Å². The first kappa shape index (κ1) is 13.8. The maximum atomic E-state index is 3.97. The third-order valence-corrected chi connectivity index (χ3v) is 4.10. The van der Waals surface area contributed by atoms with E-state index in [0.29, 0.717) is 0 Å². The van der Waals surface area contributed by atoms with Crippen molar-refractivity contribution in [1.82, 2.24) is 10.2 Å². The maximum Gasteiger partial charge on any atom is 0.0650 e. The number of H-pyrrole nitrogens is 1. The number of anilines is 1. The Balaban J connectivity index is 1.62. The molecule has 2 aromatic carbocycles. The fourth-order valence-electron chi connectivity index (χ4n) is 2.13. The summed E-state index contributed by atoms with van der Waals surface area (Å²) in [5.74, 6) is 0. The SMILES string of the molecule is CSc1ccc(CNc2ccc(-c3ccn[nH]3)cc2)cc1. The summed E-state index contributed by atoms with van der Waals surface area (Å²) in [6, 6.07) is 19.0. The van der Waals surface area contributed by atoms with Crippen LogP contribution in [-0.4, -0.2) is 16.5 Å². The van der Waals surface area contributed by atoms with Gasteiger partial charge in [-0.05, 0) is 47.7 Å². The van der Waals surface area contributed by atoms with Gasteiger partial charge in [0.2, 0.25) is 0 Å². The second kappa shape index (κ2) is 6.50. The zero-order valence-corrected chi connectivity index (χ0v) is 12.7. The van der Waals surface area contributed by atoms with Gasteiger partial charge in [0.05, 0.1) is 5.69 Å². The zero-order chi connectivity index (χ0) is 14.5. The van der Waals surface area contributed by atoms with Gasteiger partial charge < -0.3 is 5.32 Å². The quantitative estimate of drug-likeness (QED) is 0.685. The van der Waals surface area contributed by atoms with Crippen LogP contribution in [0.4, 0.5) is 5.69 Å². The van der Waals surface area contributed by atoms with Gasteiger partial charge >= 0.3 is 0 Å². The lowest BCUT2D eigenvalue weighted by Gasteiger charge is -2.08. The molecule has 21 heavy (non-hydrogen) atoms. The van der Waals surface area contributed by atoms with E-state index in [9.17, 15) is 0 Å². The summed E-state index contributed by atoms with van der Waals surface area (Å²) in [5, 5.41) is 10.4. The summed E-state index contributed by atoms with van der Waals surface area (Å²) >= 11 is 1.76. The number of thioether (sulfide) groups is 1. The number of nitrogens with one attached hydrogen (secondary N) is 2. The summed E-state index contributed by atoms with van der Waals surface area (Å²) in [6.45, 7) is 0.831. The van der Waals surface area contributed by atoms with Crippen LogP contribution >= 0.6 is 11.8 Å². The fourth-order valence-corrected chi connectivity index (χ4v) is 2.54. The van der Waals surface area contributed by atoms with Crippen molar-refractivity contribution in [3.05, 3.63) is 66.4 Å². The summed E-state index contributed by atoms with van der Waals surface area (Å²) < 4.78 is 0. The highest BCUT2D eigenvalue weighted by molar-refractivity contribution is 7.98. The minimum atomic E-state index is 0.831. The molecule has 0 saturated carbocycles. The Bertz CT molecular complexity index is 673. The molecule has 0 spiro atoms. The molecule has 3 nitrogen and oxygen atoms in total. The van der Waals surface area contributed by atoms with Gasteiger partial charge in [-0.3, -0.25) is 5.10 Å². The molecule has 4 heteroatoms.